The minimum absolute atomic E-state index is 0.324. The summed E-state index contributed by atoms with van der Waals surface area (Å²) in [6.07, 6.45) is 22.3. The van der Waals surface area contributed by atoms with Gasteiger partial charge in [-0.3, -0.25) is 4.79 Å². The molecule has 0 saturated heterocycles. The Kier molecular flexibility index (Phi) is 24.1. The van der Waals surface area contributed by atoms with Crippen molar-refractivity contribution in [1.29, 1.82) is 0 Å². The quantitative estimate of drug-likeness (QED) is 0.142. The molecule has 0 aliphatic rings. The third-order valence-electron chi connectivity index (χ3n) is 6.02. The van der Waals surface area contributed by atoms with Crippen LogP contribution in [0.1, 0.15) is 112 Å². The molecule has 1 N–H and O–H groups in total. The number of carboxylic acid groups (broad SMARTS) is 1. The standard InChI is InChI=1S/C18H32O2.C8H20N/c1-2-3-4-5-6-7-8-9-10-11-12-13-14-15-16-17-18(19)20;1-5-9(6-2,7-3)8-4/h6-7,9-10H,2-5,8,11-17H2,1H3,(H,19,20);5-8H2,1-4H3/q;+1/b7-6-,10-9-;. The van der Waals surface area contributed by atoms with Gasteiger partial charge in [0.25, 0.3) is 0 Å². The smallest absolute Gasteiger partial charge is 0.303 e. The number of quaternary nitrogens is 1. The van der Waals surface area contributed by atoms with E-state index in [0.29, 0.717) is 6.42 Å². The second-order valence-corrected chi connectivity index (χ2v) is 7.98. The highest BCUT2D eigenvalue weighted by molar-refractivity contribution is 5.66. The molecule has 0 heterocycles. The van der Waals surface area contributed by atoms with Crippen molar-refractivity contribution < 1.29 is 14.4 Å². The third-order valence-corrected chi connectivity index (χ3v) is 6.02. The summed E-state index contributed by atoms with van der Waals surface area (Å²) in [5, 5.41) is 8.50. The molecule has 0 fully saturated rings. The van der Waals surface area contributed by atoms with Gasteiger partial charge in [0.1, 0.15) is 0 Å². The van der Waals surface area contributed by atoms with E-state index in [9.17, 15) is 4.79 Å². The summed E-state index contributed by atoms with van der Waals surface area (Å²) in [7, 11) is 0. The van der Waals surface area contributed by atoms with Crippen molar-refractivity contribution in [2.24, 2.45) is 0 Å². The molecule has 3 heteroatoms. The molecule has 3 nitrogen and oxygen atoms in total. The first-order valence-electron chi connectivity index (χ1n) is 12.4. The van der Waals surface area contributed by atoms with Crippen LogP contribution in [0.2, 0.25) is 0 Å². The molecule has 0 aromatic rings. The van der Waals surface area contributed by atoms with Gasteiger partial charge in [-0.15, -0.1) is 0 Å². The lowest BCUT2D eigenvalue weighted by molar-refractivity contribution is -0.921. The Morgan fingerprint density at radius 2 is 1.10 bits per heavy atom. The summed E-state index contributed by atoms with van der Waals surface area (Å²) in [6.45, 7) is 16.5. The summed E-state index contributed by atoms with van der Waals surface area (Å²) >= 11 is 0. The minimum atomic E-state index is -0.671. The summed E-state index contributed by atoms with van der Waals surface area (Å²) in [4.78, 5) is 10.3. The van der Waals surface area contributed by atoms with E-state index >= 15 is 0 Å². The predicted molar refractivity (Wildman–Crippen MR) is 129 cm³/mol. The molecule has 0 aromatic heterocycles. The Balaban J connectivity index is 0. The lowest BCUT2D eigenvalue weighted by Crippen LogP contribution is -2.47. The SMILES string of the molecule is CCCCC/C=C\C/C=C\CCCCCCCC(=O)O.CC[N+](CC)(CC)CC. The van der Waals surface area contributed by atoms with Crippen LogP contribution in [0.4, 0.5) is 0 Å². The molecule has 0 spiro atoms. The Bertz CT molecular complexity index is 380. The zero-order valence-electron chi connectivity index (χ0n) is 20.4. The maximum Gasteiger partial charge on any atom is 0.303 e. The van der Waals surface area contributed by atoms with Crippen molar-refractivity contribution in [2.45, 2.75) is 112 Å². The number of carboxylic acids is 1. The molecule has 0 radical (unpaired) electrons. The van der Waals surface area contributed by atoms with Gasteiger partial charge >= 0.3 is 5.97 Å². The summed E-state index contributed by atoms with van der Waals surface area (Å²) in [5.41, 5.74) is 0. The van der Waals surface area contributed by atoms with Crippen LogP contribution in [0.3, 0.4) is 0 Å². The van der Waals surface area contributed by atoms with Crippen molar-refractivity contribution in [1.82, 2.24) is 0 Å². The fourth-order valence-electron chi connectivity index (χ4n) is 3.43. The zero-order valence-corrected chi connectivity index (χ0v) is 20.4. The van der Waals surface area contributed by atoms with Crippen LogP contribution in [-0.2, 0) is 4.79 Å². The molecule has 0 aliphatic heterocycles. The maximum atomic E-state index is 10.3. The Morgan fingerprint density at radius 3 is 1.52 bits per heavy atom. The fourth-order valence-corrected chi connectivity index (χ4v) is 3.43. The Labute approximate surface area is 182 Å². The molecule has 172 valence electrons. The van der Waals surface area contributed by atoms with Gasteiger partial charge in [-0.05, 0) is 66.2 Å². The average molecular weight is 411 g/mol. The number of rotatable bonds is 18. The van der Waals surface area contributed by atoms with Crippen molar-refractivity contribution >= 4 is 5.97 Å². The van der Waals surface area contributed by atoms with Gasteiger partial charge < -0.3 is 9.59 Å². The molecule has 0 saturated carbocycles. The molecule has 0 rings (SSSR count). The van der Waals surface area contributed by atoms with Crippen LogP contribution in [0.5, 0.6) is 0 Å². The van der Waals surface area contributed by atoms with Crippen molar-refractivity contribution in [3.8, 4) is 0 Å². The molecule has 0 atom stereocenters. The second-order valence-electron chi connectivity index (χ2n) is 7.98. The highest BCUT2D eigenvalue weighted by Crippen LogP contribution is 2.08. The first kappa shape index (κ1) is 30.1. The Hall–Kier alpha value is -1.09. The lowest BCUT2D eigenvalue weighted by atomic mass is 10.1. The van der Waals surface area contributed by atoms with E-state index in [0.717, 1.165) is 25.7 Å². The zero-order chi connectivity index (χ0) is 22.2. The summed E-state index contributed by atoms with van der Waals surface area (Å²) < 4.78 is 1.28. The Morgan fingerprint density at radius 1 is 0.655 bits per heavy atom. The van der Waals surface area contributed by atoms with E-state index in [4.69, 9.17) is 5.11 Å². The number of hydrogen-bond donors (Lipinski definition) is 1. The van der Waals surface area contributed by atoms with Gasteiger partial charge in [0.05, 0.1) is 26.2 Å². The van der Waals surface area contributed by atoms with Gasteiger partial charge in [0.15, 0.2) is 0 Å². The van der Waals surface area contributed by atoms with Gasteiger partial charge in [-0.25, -0.2) is 0 Å². The van der Waals surface area contributed by atoms with Crippen molar-refractivity contribution in [3.63, 3.8) is 0 Å². The minimum Gasteiger partial charge on any atom is -0.481 e. The number of aliphatic carboxylic acids is 1. The van der Waals surface area contributed by atoms with Crippen LogP contribution >= 0.6 is 0 Å². The van der Waals surface area contributed by atoms with E-state index in [1.807, 2.05) is 0 Å². The lowest BCUT2D eigenvalue weighted by Gasteiger charge is -2.34. The summed E-state index contributed by atoms with van der Waals surface area (Å²) in [6, 6.07) is 0. The van der Waals surface area contributed by atoms with E-state index in [1.165, 1.54) is 75.6 Å². The van der Waals surface area contributed by atoms with Gasteiger partial charge in [0, 0.05) is 6.42 Å². The van der Waals surface area contributed by atoms with Crippen LogP contribution in [-0.4, -0.2) is 41.7 Å². The molecule has 0 aromatic carbocycles. The van der Waals surface area contributed by atoms with Crippen LogP contribution in [0.25, 0.3) is 0 Å². The average Bonchev–Trinajstić information content (AvgIpc) is 2.73. The summed E-state index contributed by atoms with van der Waals surface area (Å²) in [5.74, 6) is -0.671. The molecule has 0 bridgehead atoms. The van der Waals surface area contributed by atoms with Crippen molar-refractivity contribution in [3.05, 3.63) is 24.3 Å². The second kappa shape index (κ2) is 23.2. The number of nitrogens with zero attached hydrogens (tertiary/aromatic N) is 1. The number of allylic oxidation sites excluding steroid dienone is 4. The molecule has 0 aliphatic carbocycles. The number of hydrogen-bond acceptors (Lipinski definition) is 1. The topological polar surface area (TPSA) is 37.3 Å². The maximum absolute atomic E-state index is 10.3. The van der Waals surface area contributed by atoms with Crippen molar-refractivity contribution in [2.75, 3.05) is 26.2 Å². The normalized spacial score (nSPS) is 11.8. The van der Waals surface area contributed by atoms with Gasteiger partial charge in [-0.2, -0.15) is 0 Å². The van der Waals surface area contributed by atoms with Crippen LogP contribution in [0, 0.1) is 0 Å². The number of carbonyl (C=O) groups is 1. The van der Waals surface area contributed by atoms with Gasteiger partial charge in [0.2, 0.25) is 0 Å². The highest BCUT2D eigenvalue weighted by Gasteiger charge is 2.16. The van der Waals surface area contributed by atoms with E-state index in [-0.39, 0.29) is 0 Å². The first-order chi connectivity index (χ1) is 14.0. The monoisotopic (exact) mass is 410 g/mol. The molecule has 29 heavy (non-hydrogen) atoms. The molecule has 0 amide bonds. The third kappa shape index (κ3) is 21.4. The molecule has 0 unspecified atom stereocenters. The molecular formula is C26H52NO2+. The van der Waals surface area contributed by atoms with E-state index < -0.39 is 5.97 Å². The number of unbranched alkanes of at least 4 members (excludes halogenated alkanes) is 8. The van der Waals surface area contributed by atoms with Crippen LogP contribution < -0.4 is 0 Å². The van der Waals surface area contributed by atoms with Crippen LogP contribution in [0.15, 0.2) is 24.3 Å². The first-order valence-corrected chi connectivity index (χ1v) is 12.4. The fraction of sp³-hybridized carbons (Fsp3) is 0.808. The highest BCUT2D eigenvalue weighted by atomic mass is 16.4. The van der Waals surface area contributed by atoms with E-state index in [1.54, 1.807) is 0 Å². The largest absolute Gasteiger partial charge is 0.481 e. The van der Waals surface area contributed by atoms with E-state index in [2.05, 4.69) is 58.9 Å². The predicted octanol–water partition coefficient (Wildman–Crippen LogP) is 7.77. The molecular weight excluding hydrogens is 358 g/mol. The van der Waals surface area contributed by atoms with Gasteiger partial charge in [-0.1, -0.05) is 63.3 Å².